The van der Waals surface area contributed by atoms with Crippen LogP contribution in [-0.2, 0) is 6.61 Å². The van der Waals surface area contributed by atoms with Crippen LogP contribution in [0.2, 0.25) is 0 Å². The molecule has 0 unspecified atom stereocenters. The molecule has 0 amide bonds. The predicted molar refractivity (Wildman–Crippen MR) is 77.6 cm³/mol. The van der Waals surface area contributed by atoms with E-state index in [0.717, 1.165) is 11.1 Å². The largest absolute Gasteiger partial charge is 0.508 e. The Balaban J connectivity index is 2.25. The van der Waals surface area contributed by atoms with Gasteiger partial charge in [-0.15, -0.1) is 0 Å². The molecule has 0 aliphatic carbocycles. The van der Waals surface area contributed by atoms with Gasteiger partial charge in [-0.2, -0.15) is 0 Å². The number of hydrogen-bond donors (Lipinski definition) is 3. The zero-order valence-corrected chi connectivity index (χ0v) is 11.1. The minimum Gasteiger partial charge on any atom is -0.508 e. The molecule has 0 spiro atoms. The van der Waals surface area contributed by atoms with Gasteiger partial charge in [-0.1, -0.05) is 24.3 Å². The van der Waals surface area contributed by atoms with Crippen molar-refractivity contribution in [2.24, 2.45) is 0 Å². The first-order chi connectivity index (χ1) is 9.63. The highest BCUT2D eigenvalue weighted by molar-refractivity contribution is 5.71. The topological polar surface area (TPSA) is 69.9 Å². The number of methoxy groups -OCH3 is 1. The number of aliphatic hydroxyl groups excluding tert-OH is 1. The molecule has 4 nitrogen and oxygen atoms in total. The van der Waals surface area contributed by atoms with Gasteiger partial charge in [0.1, 0.15) is 5.75 Å². The normalized spacial score (nSPS) is 10.9. The van der Waals surface area contributed by atoms with Gasteiger partial charge in [-0.25, -0.2) is 0 Å². The number of phenols is 2. The molecule has 104 valence electrons. The summed E-state index contributed by atoms with van der Waals surface area (Å²) in [5, 5.41) is 28.1. The molecule has 3 N–H and O–H groups in total. The van der Waals surface area contributed by atoms with Gasteiger partial charge in [-0.3, -0.25) is 0 Å². The van der Waals surface area contributed by atoms with Crippen molar-refractivity contribution in [2.75, 3.05) is 7.11 Å². The van der Waals surface area contributed by atoms with E-state index in [-0.39, 0.29) is 18.1 Å². The summed E-state index contributed by atoms with van der Waals surface area (Å²) in [6.07, 6.45) is 3.71. The smallest absolute Gasteiger partial charge is 0.161 e. The summed E-state index contributed by atoms with van der Waals surface area (Å²) in [5.41, 5.74) is 2.22. The van der Waals surface area contributed by atoms with Crippen molar-refractivity contribution in [3.63, 3.8) is 0 Å². The fraction of sp³-hybridized carbons (Fsp3) is 0.125. The van der Waals surface area contributed by atoms with Crippen LogP contribution in [0.4, 0.5) is 0 Å². The lowest BCUT2D eigenvalue weighted by Crippen LogP contribution is -1.85. The maximum atomic E-state index is 9.51. The summed E-state index contributed by atoms with van der Waals surface area (Å²) in [5.74, 6) is 0.585. The molecule has 0 saturated carbocycles. The van der Waals surface area contributed by atoms with Crippen molar-refractivity contribution >= 4 is 12.2 Å². The molecule has 2 rings (SSSR count). The van der Waals surface area contributed by atoms with Gasteiger partial charge in [0.2, 0.25) is 0 Å². The second kappa shape index (κ2) is 6.12. The highest BCUT2D eigenvalue weighted by Crippen LogP contribution is 2.27. The lowest BCUT2D eigenvalue weighted by molar-refractivity contribution is 0.275. The lowest BCUT2D eigenvalue weighted by atomic mass is 10.1. The molecule has 0 aliphatic heterocycles. The van der Waals surface area contributed by atoms with E-state index in [0.29, 0.717) is 11.3 Å². The summed E-state index contributed by atoms with van der Waals surface area (Å²) in [4.78, 5) is 0. The van der Waals surface area contributed by atoms with Crippen LogP contribution in [0.5, 0.6) is 17.2 Å². The molecular weight excluding hydrogens is 256 g/mol. The molecular formula is C16H16O4. The van der Waals surface area contributed by atoms with Crippen LogP contribution in [0.3, 0.4) is 0 Å². The molecule has 0 fully saturated rings. The van der Waals surface area contributed by atoms with Gasteiger partial charge in [0.15, 0.2) is 11.5 Å². The van der Waals surface area contributed by atoms with Crippen LogP contribution in [0.1, 0.15) is 16.7 Å². The van der Waals surface area contributed by atoms with Crippen LogP contribution < -0.4 is 4.74 Å². The fourth-order valence-electron chi connectivity index (χ4n) is 1.83. The third kappa shape index (κ3) is 3.10. The van der Waals surface area contributed by atoms with Crippen molar-refractivity contribution < 1.29 is 20.1 Å². The molecule has 0 heterocycles. The Morgan fingerprint density at radius 2 is 1.55 bits per heavy atom. The van der Waals surface area contributed by atoms with E-state index in [1.54, 1.807) is 36.4 Å². The highest BCUT2D eigenvalue weighted by atomic mass is 16.5. The van der Waals surface area contributed by atoms with Gasteiger partial charge in [-0.05, 0) is 35.4 Å². The van der Waals surface area contributed by atoms with E-state index in [9.17, 15) is 10.2 Å². The molecule has 0 radical (unpaired) electrons. The standard InChI is InChI=1S/C16H16O4/c1-20-16-9-12(5-7-15(16)19)3-2-11-4-6-14(18)13(8-11)10-17/h2-9,17-19H,10H2,1H3/b3-2+. The highest BCUT2D eigenvalue weighted by Gasteiger charge is 2.01. The number of hydrogen-bond acceptors (Lipinski definition) is 4. The third-order valence-corrected chi connectivity index (χ3v) is 2.95. The maximum Gasteiger partial charge on any atom is 0.161 e. The van der Waals surface area contributed by atoms with E-state index in [1.165, 1.54) is 7.11 Å². The summed E-state index contributed by atoms with van der Waals surface area (Å²) in [7, 11) is 1.50. The minimum absolute atomic E-state index is 0.0796. The number of benzene rings is 2. The molecule has 4 heteroatoms. The zero-order valence-electron chi connectivity index (χ0n) is 11.1. The van der Waals surface area contributed by atoms with Crippen molar-refractivity contribution in [2.45, 2.75) is 6.61 Å². The zero-order chi connectivity index (χ0) is 14.5. The van der Waals surface area contributed by atoms with Gasteiger partial charge in [0, 0.05) is 5.56 Å². The maximum absolute atomic E-state index is 9.51. The number of ether oxygens (including phenoxy) is 1. The quantitative estimate of drug-likeness (QED) is 0.748. The van der Waals surface area contributed by atoms with E-state index < -0.39 is 0 Å². The molecule has 0 aliphatic rings. The molecule has 0 atom stereocenters. The summed E-state index contributed by atoms with van der Waals surface area (Å²) >= 11 is 0. The van der Waals surface area contributed by atoms with E-state index in [4.69, 9.17) is 9.84 Å². The Kier molecular flexibility index (Phi) is 4.27. The average molecular weight is 272 g/mol. The summed E-state index contributed by atoms with van der Waals surface area (Å²) < 4.78 is 5.04. The Bertz CT molecular complexity index is 577. The Morgan fingerprint density at radius 3 is 2.15 bits per heavy atom. The molecule has 0 aromatic heterocycles. The second-order valence-corrected chi connectivity index (χ2v) is 4.31. The van der Waals surface area contributed by atoms with Crippen LogP contribution in [0.15, 0.2) is 36.4 Å². The average Bonchev–Trinajstić information content (AvgIpc) is 2.47. The van der Waals surface area contributed by atoms with Crippen molar-refractivity contribution in [3.8, 4) is 17.2 Å². The molecule has 20 heavy (non-hydrogen) atoms. The first kappa shape index (κ1) is 14.0. The molecule has 0 saturated heterocycles. The number of aromatic hydroxyl groups is 2. The number of rotatable bonds is 4. The van der Waals surface area contributed by atoms with Gasteiger partial charge >= 0.3 is 0 Å². The van der Waals surface area contributed by atoms with Crippen LogP contribution in [-0.4, -0.2) is 22.4 Å². The number of aliphatic hydroxyl groups is 1. The minimum atomic E-state index is -0.208. The fourth-order valence-corrected chi connectivity index (χ4v) is 1.83. The van der Waals surface area contributed by atoms with Crippen LogP contribution in [0.25, 0.3) is 12.2 Å². The Labute approximate surface area is 117 Å². The van der Waals surface area contributed by atoms with E-state index in [1.807, 2.05) is 12.2 Å². The Morgan fingerprint density at radius 1 is 0.950 bits per heavy atom. The van der Waals surface area contributed by atoms with Gasteiger partial charge < -0.3 is 20.1 Å². The van der Waals surface area contributed by atoms with Crippen molar-refractivity contribution in [1.29, 1.82) is 0 Å². The molecule has 2 aromatic carbocycles. The van der Waals surface area contributed by atoms with Crippen molar-refractivity contribution in [1.82, 2.24) is 0 Å². The van der Waals surface area contributed by atoms with Crippen LogP contribution in [0, 0.1) is 0 Å². The molecule has 2 aromatic rings. The third-order valence-electron chi connectivity index (χ3n) is 2.95. The summed E-state index contributed by atoms with van der Waals surface area (Å²) in [6.45, 7) is -0.208. The molecule has 0 bridgehead atoms. The van der Waals surface area contributed by atoms with Crippen molar-refractivity contribution in [3.05, 3.63) is 53.1 Å². The predicted octanol–water partition coefficient (Wildman–Crippen LogP) is 2.77. The second-order valence-electron chi connectivity index (χ2n) is 4.31. The van der Waals surface area contributed by atoms with Gasteiger partial charge in [0.25, 0.3) is 0 Å². The monoisotopic (exact) mass is 272 g/mol. The SMILES string of the molecule is COc1cc(/C=C/c2ccc(O)c(CO)c2)ccc1O. The van der Waals surface area contributed by atoms with Crippen LogP contribution >= 0.6 is 0 Å². The first-order valence-corrected chi connectivity index (χ1v) is 6.12. The Hall–Kier alpha value is -2.46. The summed E-state index contributed by atoms with van der Waals surface area (Å²) in [6, 6.07) is 10.1. The van der Waals surface area contributed by atoms with E-state index >= 15 is 0 Å². The lowest BCUT2D eigenvalue weighted by Gasteiger charge is -2.04. The van der Waals surface area contributed by atoms with Gasteiger partial charge in [0.05, 0.1) is 13.7 Å². The number of phenolic OH excluding ortho intramolecular Hbond substituents is 1. The van der Waals surface area contributed by atoms with E-state index in [2.05, 4.69) is 0 Å². The first-order valence-electron chi connectivity index (χ1n) is 6.12.